The first-order valence-electron chi connectivity index (χ1n) is 9.38. The molecule has 0 bridgehead atoms. The van der Waals surface area contributed by atoms with E-state index < -0.39 is 0 Å². The number of methoxy groups -OCH3 is 1. The molecule has 150 valence electrons. The Kier molecular flexibility index (Phi) is 5.64. The molecule has 0 spiro atoms. The van der Waals surface area contributed by atoms with Crippen LogP contribution in [0.2, 0.25) is 0 Å². The van der Waals surface area contributed by atoms with Crippen LogP contribution in [0.1, 0.15) is 24.6 Å². The number of aromatic nitrogens is 4. The van der Waals surface area contributed by atoms with E-state index >= 15 is 0 Å². The zero-order chi connectivity index (χ0) is 20.1. The molecule has 2 aromatic heterocycles. The molecule has 1 aromatic carbocycles. The van der Waals surface area contributed by atoms with Gasteiger partial charge >= 0.3 is 0 Å². The van der Waals surface area contributed by atoms with Crippen LogP contribution in [0, 0.1) is 0 Å². The summed E-state index contributed by atoms with van der Waals surface area (Å²) in [5, 5.41) is 4.09. The number of hydrogen-bond acceptors (Lipinski definition) is 8. The van der Waals surface area contributed by atoms with Gasteiger partial charge in [-0.15, -0.1) is 0 Å². The fourth-order valence-electron chi connectivity index (χ4n) is 3.30. The number of carbonyl (C=O) groups excluding carboxylic acids is 1. The number of ether oxygens (including phenoxy) is 2. The van der Waals surface area contributed by atoms with Crippen molar-refractivity contribution >= 4 is 5.91 Å². The summed E-state index contributed by atoms with van der Waals surface area (Å²) in [6, 6.07) is 7.26. The van der Waals surface area contributed by atoms with Crippen LogP contribution in [0.5, 0.6) is 11.5 Å². The van der Waals surface area contributed by atoms with Crippen molar-refractivity contribution in [2.75, 3.05) is 26.8 Å². The van der Waals surface area contributed by atoms with Crippen LogP contribution in [-0.2, 0) is 4.79 Å². The van der Waals surface area contributed by atoms with Gasteiger partial charge in [-0.05, 0) is 25.0 Å². The molecule has 0 saturated carbocycles. The highest BCUT2D eigenvalue weighted by molar-refractivity contribution is 5.78. The molecule has 9 nitrogen and oxygen atoms in total. The van der Waals surface area contributed by atoms with Crippen molar-refractivity contribution in [2.45, 2.75) is 18.8 Å². The van der Waals surface area contributed by atoms with Crippen molar-refractivity contribution in [1.82, 2.24) is 25.0 Å². The maximum Gasteiger partial charge on any atom is 0.278 e. The van der Waals surface area contributed by atoms with Gasteiger partial charge in [0.15, 0.2) is 23.9 Å². The molecule has 1 saturated heterocycles. The van der Waals surface area contributed by atoms with Crippen LogP contribution < -0.4 is 9.47 Å². The summed E-state index contributed by atoms with van der Waals surface area (Å²) in [4.78, 5) is 27.1. The predicted molar refractivity (Wildman–Crippen MR) is 102 cm³/mol. The van der Waals surface area contributed by atoms with Gasteiger partial charge in [0.1, 0.15) is 5.69 Å². The van der Waals surface area contributed by atoms with Crippen molar-refractivity contribution in [3.63, 3.8) is 0 Å². The summed E-state index contributed by atoms with van der Waals surface area (Å²) in [5.74, 6) is 1.97. The van der Waals surface area contributed by atoms with Gasteiger partial charge in [0.2, 0.25) is 0 Å². The maximum atomic E-state index is 12.7. The van der Waals surface area contributed by atoms with Crippen molar-refractivity contribution in [3.8, 4) is 23.1 Å². The van der Waals surface area contributed by atoms with Crippen LogP contribution in [-0.4, -0.2) is 57.7 Å². The minimum absolute atomic E-state index is 0.00753. The quantitative estimate of drug-likeness (QED) is 0.626. The van der Waals surface area contributed by atoms with E-state index in [0.29, 0.717) is 42.0 Å². The molecule has 0 N–H and O–H groups in total. The summed E-state index contributed by atoms with van der Waals surface area (Å²) < 4.78 is 16.2. The van der Waals surface area contributed by atoms with E-state index in [4.69, 9.17) is 14.0 Å². The van der Waals surface area contributed by atoms with E-state index in [1.165, 1.54) is 0 Å². The lowest BCUT2D eigenvalue weighted by Gasteiger charge is -2.31. The lowest BCUT2D eigenvalue weighted by atomic mass is 9.97. The van der Waals surface area contributed by atoms with Crippen molar-refractivity contribution in [3.05, 3.63) is 48.7 Å². The Balaban J connectivity index is 1.38. The molecular weight excluding hydrogens is 374 g/mol. The van der Waals surface area contributed by atoms with E-state index in [0.717, 1.165) is 12.8 Å². The Hall–Kier alpha value is -3.49. The summed E-state index contributed by atoms with van der Waals surface area (Å²) in [6.07, 6.45) is 6.47. The molecule has 1 amide bonds. The minimum atomic E-state index is -0.0850. The number of rotatable bonds is 6. The zero-order valence-electron chi connectivity index (χ0n) is 16.0. The number of hydrogen-bond donors (Lipinski definition) is 0. The molecule has 0 aliphatic carbocycles. The topological polar surface area (TPSA) is 103 Å². The Morgan fingerprint density at radius 1 is 1.28 bits per heavy atom. The molecule has 29 heavy (non-hydrogen) atoms. The number of piperidine rings is 1. The molecule has 9 heteroatoms. The van der Waals surface area contributed by atoms with Crippen LogP contribution in [0.15, 0.2) is 47.4 Å². The van der Waals surface area contributed by atoms with Crippen LogP contribution in [0.25, 0.3) is 11.6 Å². The third-order valence-electron chi connectivity index (χ3n) is 4.78. The monoisotopic (exact) mass is 395 g/mol. The van der Waals surface area contributed by atoms with E-state index in [1.807, 2.05) is 12.1 Å². The third kappa shape index (κ3) is 4.34. The lowest BCUT2D eigenvalue weighted by Crippen LogP contribution is -2.41. The number of benzene rings is 1. The molecule has 1 unspecified atom stereocenters. The molecule has 4 rings (SSSR count). The van der Waals surface area contributed by atoms with Gasteiger partial charge in [-0.3, -0.25) is 9.78 Å². The number of para-hydroxylation sites is 2. The summed E-state index contributed by atoms with van der Waals surface area (Å²) in [6.45, 7) is 1.15. The highest BCUT2D eigenvalue weighted by Crippen LogP contribution is 2.28. The molecule has 3 heterocycles. The summed E-state index contributed by atoms with van der Waals surface area (Å²) >= 11 is 0. The second kappa shape index (κ2) is 8.68. The van der Waals surface area contributed by atoms with Gasteiger partial charge in [0.25, 0.3) is 11.8 Å². The molecule has 1 aliphatic rings. The normalized spacial score (nSPS) is 16.4. The third-order valence-corrected chi connectivity index (χ3v) is 4.78. The summed E-state index contributed by atoms with van der Waals surface area (Å²) in [7, 11) is 1.57. The number of amides is 1. The highest BCUT2D eigenvalue weighted by atomic mass is 16.5. The van der Waals surface area contributed by atoms with Crippen LogP contribution >= 0.6 is 0 Å². The number of carbonyl (C=O) groups is 1. The molecule has 1 aliphatic heterocycles. The average molecular weight is 395 g/mol. The van der Waals surface area contributed by atoms with Gasteiger partial charge in [-0.2, -0.15) is 4.98 Å². The van der Waals surface area contributed by atoms with Crippen molar-refractivity contribution in [1.29, 1.82) is 0 Å². The van der Waals surface area contributed by atoms with Crippen molar-refractivity contribution in [2.24, 2.45) is 0 Å². The smallest absolute Gasteiger partial charge is 0.278 e. The fourth-order valence-corrected chi connectivity index (χ4v) is 3.30. The second-order valence-electron chi connectivity index (χ2n) is 6.67. The number of likely N-dealkylation sites (tertiary alicyclic amines) is 1. The first-order chi connectivity index (χ1) is 14.2. The zero-order valence-corrected chi connectivity index (χ0v) is 16.0. The largest absolute Gasteiger partial charge is 0.493 e. The molecule has 1 atom stereocenters. The Labute approximate surface area is 167 Å². The van der Waals surface area contributed by atoms with E-state index in [9.17, 15) is 4.79 Å². The highest BCUT2D eigenvalue weighted by Gasteiger charge is 2.28. The van der Waals surface area contributed by atoms with Crippen LogP contribution in [0.4, 0.5) is 0 Å². The van der Waals surface area contributed by atoms with E-state index in [1.54, 1.807) is 42.7 Å². The fraction of sp³-hybridized carbons (Fsp3) is 0.350. The SMILES string of the molecule is COc1ccccc1OCC(=O)N1CCCC(c2noc(-c3cnccn3)n2)C1. The molecule has 0 radical (unpaired) electrons. The first kappa shape index (κ1) is 18.9. The Morgan fingerprint density at radius 2 is 2.14 bits per heavy atom. The predicted octanol–water partition coefficient (Wildman–Crippen LogP) is 2.32. The van der Waals surface area contributed by atoms with Crippen LogP contribution in [0.3, 0.4) is 0 Å². The lowest BCUT2D eigenvalue weighted by molar-refractivity contribution is -0.134. The Morgan fingerprint density at radius 3 is 2.93 bits per heavy atom. The van der Waals surface area contributed by atoms with Gasteiger partial charge < -0.3 is 18.9 Å². The van der Waals surface area contributed by atoms with E-state index in [2.05, 4.69) is 20.1 Å². The average Bonchev–Trinajstić information content (AvgIpc) is 3.29. The molecular formula is C20H21N5O4. The summed E-state index contributed by atoms with van der Waals surface area (Å²) in [5.41, 5.74) is 0.528. The second-order valence-corrected chi connectivity index (χ2v) is 6.67. The van der Waals surface area contributed by atoms with Crippen molar-refractivity contribution < 1.29 is 18.8 Å². The maximum absolute atomic E-state index is 12.7. The van der Waals surface area contributed by atoms with Gasteiger partial charge in [0, 0.05) is 31.4 Å². The Bertz CT molecular complexity index is 962. The molecule has 3 aromatic rings. The van der Waals surface area contributed by atoms with Gasteiger partial charge in [0.05, 0.1) is 13.3 Å². The van der Waals surface area contributed by atoms with Gasteiger partial charge in [-0.1, -0.05) is 17.3 Å². The minimum Gasteiger partial charge on any atom is -0.493 e. The van der Waals surface area contributed by atoms with Gasteiger partial charge in [-0.25, -0.2) is 4.98 Å². The first-order valence-corrected chi connectivity index (χ1v) is 9.38. The number of nitrogens with zero attached hydrogens (tertiary/aromatic N) is 5. The van der Waals surface area contributed by atoms with E-state index in [-0.39, 0.29) is 18.4 Å². The standard InChI is InChI=1S/C20H21N5O4/c1-27-16-6-2-3-7-17(16)28-13-18(26)25-10-4-5-14(12-25)19-23-20(29-24-19)15-11-21-8-9-22-15/h2-3,6-9,11,14H,4-5,10,12-13H2,1H3. The molecule has 1 fully saturated rings.